The van der Waals surface area contributed by atoms with Crippen molar-refractivity contribution in [1.82, 2.24) is 0 Å². The van der Waals surface area contributed by atoms with E-state index < -0.39 is 32.1 Å². The predicted octanol–water partition coefficient (Wildman–Crippen LogP) is 2.83. The minimum absolute atomic E-state index is 0.0305. The third-order valence-electron chi connectivity index (χ3n) is 3.99. The maximum Gasteiger partial charge on any atom is 0.338 e. The molecule has 0 saturated heterocycles. The first-order valence-corrected chi connectivity index (χ1v) is 8.38. The summed E-state index contributed by atoms with van der Waals surface area (Å²) >= 11 is 0. The van der Waals surface area contributed by atoms with E-state index in [4.69, 9.17) is 5.11 Å². The fraction of sp³-hybridized carbons (Fsp3) is 0.500. The Morgan fingerprint density at radius 3 is 2.45 bits per heavy atom. The molecule has 6 heteroatoms. The summed E-state index contributed by atoms with van der Waals surface area (Å²) in [5, 5.41) is 8.93. The maximum absolute atomic E-state index is 14.3. The molecule has 0 aliphatic heterocycles. The third-order valence-corrected chi connectivity index (χ3v) is 5.15. The number of benzene rings is 1. The topological polar surface area (TPSA) is 71.4 Å². The molecule has 0 radical (unpaired) electrons. The van der Waals surface area contributed by atoms with Gasteiger partial charge in [0, 0.05) is 6.26 Å². The van der Waals surface area contributed by atoms with Crippen LogP contribution >= 0.6 is 0 Å². The van der Waals surface area contributed by atoms with Gasteiger partial charge in [0.1, 0.15) is 4.90 Å². The Morgan fingerprint density at radius 1 is 1.35 bits per heavy atom. The molecule has 4 nitrogen and oxygen atoms in total. The average Bonchev–Trinajstić information content (AvgIpc) is 2.72. The lowest BCUT2D eigenvalue weighted by molar-refractivity contribution is 0.0691. The van der Waals surface area contributed by atoms with Crippen molar-refractivity contribution in [1.29, 1.82) is 0 Å². The van der Waals surface area contributed by atoms with Crippen LogP contribution in [0.1, 0.15) is 48.0 Å². The van der Waals surface area contributed by atoms with Gasteiger partial charge in [0.05, 0.1) is 5.56 Å². The normalized spacial score (nSPS) is 22.9. The second-order valence-electron chi connectivity index (χ2n) is 5.44. The predicted molar refractivity (Wildman–Crippen MR) is 72.2 cm³/mol. The first-order chi connectivity index (χ1) is 9.23. The van der Waals surface area contributed by atoms with E-state index in [0.29, 0.717) is 5.56 Å². The number of rotatable bonds is 3. The van der Waals surface area contributed by atoms with Gasteiger partial charge >= 0.3 is 5.97 Å². The highest BCUT2D eigenvalue weighted by molar-refractivity contribution is 7.90. The quantitative estimate of drug-likeness (QED) is 0.931. The molecule has 1 aliphatic rings. The lowest BCUT2D eigenvalue weighted by Gasteiger charge is -2.20. The lowest BCUT2D eigenvalue weighted by Crippen LogP contribution is -2.14. The molecule has 20 heavy (non-hydrogen) atoms. The summed E-state index contributed by atoms with van der Waals surface area (Å²) in [6, 6.07) is 2.61. The van der Waals surface area contributed by atoms with Gasteiger partial charge in [-0.15, -0.1) is 0 Å². The molecule has 2 atom stereocenters. The molecule has 1 N–H and O–H groups in total. The SMILES string of the molecule is CC1CCCC1c1ccc(C(=O)O)c(F)c1S(C)(=O)=O. The summed E-state index contributed by atoms with van der Waals surface area (Å²) in [7, 11) is -3.82. The van der Waals surface area contributed by atoms with E-state index in [1.165, 1.54) is 6.07 Å². The summed E-state index contributed by atoms with van der Waals surface area (Å²) in [5.41, 5.74) is -0.181. The average molecular weight is 300 g/mol. The molecule has 1 fully saturated rings. The second-order valence-corrected chi connectivity index (χ2v) is 7.39. The molecule has 1 aromatic rings. The first-order valence-electron chi connectivity index (χ1n) is 6.49. The largest absolute Gasteiger partial charge is 0.478 e. The highest BCUT2D eigenvalue weighted by Gasteiger charge is 2.32. The van der Waals surface area contributed by atoms with Crippen molar-refractivity contribution in [3.63, 3.8) is 0 Å². The standard InChI is InChI=1S/C14H17FO4S/c1-8-4-3-5-9(8)10-6-7-11(14(16)17)12(15)13(10)20(2,18)19/h6-9H,3-5H2,1-2H3,(H,16,17). The van der Waals surface area contributed by atoms with Gasteiger partial charge < -0.3 is 5.11 Å². The molecule has 1 aromatic carbocycles. The van der Waals surface area contributed by atoms with Crippen LogP contribution in [-0.2, 0) is 9.84 Å². The summed E-state index contributed by atoms with van der Waals surface area (Å²) < 4.78 is 38.1. The van der Waals surface area contributed by atoms with Crippen molar-refractivity contribution in [2.24, 2.45) is 5.92 Å². The minimum Gasteiger partial charge on any atom is -0.478 e. The van der Waals surface area contributed by atoms with Crippen LogP contribution < -0.4 is 0 Å². The van der Waals surface area contributed by atoms with Gasteiger partial charge in [0.15, 0.2) is 15.7 Å². The molecule has 0 aromatic heterocycles. The molecule has 0 spiro atoms. The van der Waals surface area contributed by atoms with Gasteiger partial charge in [-0.05, 0) is 29.9 Å². The summed E-state index contributed by atoms with van der Waals surface area (Å²) in [6.45, 7) is 2.01. The van der Waals surface area contributed by atoms with Crippen LogP contribution in [0.15, 0.2) is 17.0 Å². The number of sulfone groups is 1. The Hall–Kier alpha value is -1.43. The molecular formula is C14H17FO4S. The van der Waals surface area contributed by atoms with E-state index in [9.17, 15) is 17.6 Å². The highest BCUT2D eigenvalue weighted by Crippen LogP contribution is 2.42. The zero-order valence-electron chi connectivity index (χ0n) is 11.4. The maximum atomic E-state index is 14.3. The van der Waals surface area contributed by atoms with Crippen molar-refractivity contribution < 1.29 is 22.7 Å². The van der Waals surface area contributed by atoms with Gasteiger partial charge in [-0.25, -0.2) is 17.6 Å². The molecular weight excluding hydrogens is 283 g/mol. The summed E-state index contributed by atoms with van der Waals surface area (Å²) in [6.07, 6.45) is 3.66. The van der Waals surface area contributed by atoms with E-state index in [0.717, 1.165) is 31.6 Å². The van der Waals surface area contributed by atoms with E-state index >= 15 is 0 Å². The summed E-state index contributed by atoms with van der Waals surface area (Å²) in [4.78, 5) is 10.5. The van der Waals surface area contributed by atoms with Crippen LogP contribution in [0.2, 0.25) is 0 Å². The second kappa shape index (κ2) is 5.16. The smallest absolute Gasteiger partial charge is 0.338 e. The number of carboxylic acids is 1. The fourth-order valence-corrected chi connectivity index (χ4v) is 4.10. The Balaban J connectivity index is 2.70. The number of hydrogen-bond acceptors (Lipinski definition) is 3. The molecule has 110 valence electrons. The highest BCUT2D eigenvalue weighted by atomic mass is 32.2. The fourth-order valence-electron chi connectivity index (χ4n) is 3.01. The van der Waals surface area contributed by atoms with Crippen molar-refractivity contribution >= 4 is 15.8 Å². The third kappa shape index (κ3) is 2.57. The molecule has 2 rings (SSSR count). The zero-order valence-corrected chi connectivity index (χ0v) is 12.2. The van der Waals surface area contributed by atoms with Gasteiger partial charge in [0.2, 0.25) is 0 Å². The molecule has 0 heterocycles. The Bertz CT molecular complexity index is 651. The lowest BCUT2D eigenvalue weighted by atomic mass is 9.89. The van der Waals surface area contributed by atoms with E-state index in [1.54, 1.807) is 0 Å². The van der Waals surface area contributed by atoms with Crippen LogP contribution in [-0.4, -0.2) is 25.7 Å². The van der Waals surface area contributed by atoms with Crippen molar-refractivity contribution in [2.45, 2.75) is 37.0 Å². The van der Waals surface area contributed by atoms with Crippen LogP contribution in [0.3, 0.4) is 0 Å². The Kier molecular flexibility index (Phi) is 3.86. The van der Waals surface area contributed by atoms with Gasteiger partial charge in [0.25, 0.3) is 0 Å². The molecule has 2 unspecified atom stereocenters. The Labute approximate surface area is 117 Å². The van der Waals surface area contributed by atoms with Gasteiger partial charge in [-0.2, -0.15) is 0 Å². The van der Waals surface area contributed by atoms with Crippen LogP contribution in [0.25, 0.3) is 0 Å². The monoisotopic (exact) mass is 300 g/mol. The van der Waals surface area contributed by atoms with Crippen molar-refractivity contribution in [2.75, 3.05) is 6.26 Å². The van der Waals surface area contributed by atoms with Crippen LogP contribution in [0.5, 0.6) is 0 Å². The van der Waals surface area contributed by atoms with Gasteiger partial charge in [-0.3, -0.25) is 0 Å². The zero-order chi connectivity index (χ0) is 15.1. The molecule has 1 saturated carbocycles. The van der Waals surface area contributed by atoms with Crippen LogP contribution in [0, 0.1) is 11.7 Å². The number of carboxylic acid groups (broad SMARTS) is 1. The number of carbonyl (C=O) groups is 1. The van der Waals surface area contributed by atoms with Crippen molar-refractivity contribution in [3.05, 3.63) is 29.1 Å². The molecule has 1 aliphatic carbocycles. The van der Waals surface area contributed by atoms with Crippen molar-refractivity contribution in [3.8, 4) is 0 Å². The number of aromatic carboxylic acids is 1. The van der Waals surface area contributed by atoms with E-state index in [2.05, 4.69) is 0 Å². The number of hydrogen-bond donors (Lipinski definition) is 1. The van der Waals surface area contributed by atoms with Gasteiger partial charge in [-0.1, -0.05) is 25.8 Å². The van der Waals surface area contributed by atoms with Crippen LogP contribution in [0.4, 0.5) is 4.39 Å². The molecule has 0 amide bonds. The number of halogens is 1. The molecule has 0 bridgehead atoms. The summed E-state index contributed by atoms with van der Waals surface area (Å²) in [5.74, 6) is -2.36. The Morgan fingerprint density at radius 2 is 2.00 bits per heavy atom. The minimum atomic E-state index is -3.82. The first kappa shape index (κ1) is 15.0. The van der Waals surface area contributed by atoms with E-state index in [1.807, 2.05) is 6.92 Å². The van der Waals surface area contributed by atoms with E-state index in [-0.39, 0.29) is 11.8 Å².